The quantitative estimate of drug-likeness (QED) is 0.126. The van der Waals surface area contributed by atoms with Gasteiger partial charge in [-0.2, -0.15) is 0 Å². The minimum atomic E-state index is 1.07. The molecule has 368 valence electrons. The molecule has 2 heteroatoms. The first-order valence-corrected chi connectivity index (χ1v) is 26.8. The van der Waals surface area contributed by atoms with Crippen molar-refractivity contribution in [3.63, 3.8) is 0 Å². The van der Waals surface area contributed by atoms with E-state index in [0.717, 1.165) is 45.3 Å². The Labute approximate surface area is 452 Å². The molecule has 0 unspecified atom stereocenters. The van der Waals surface area contributed by atoms with Gasteiger partial charge in [0.05, 0.1) is 0 Å². The molecule has 0 heterocycles. The maximum atomic E-state index is 2.39. The lowest BCUT2D eigenvalue weighted by atomic mass is 9.81. The molecule has 0 amide bonds. The highest BCUT2D eigenvalue weighted by atomic mass is 15.2. The van der Waals surface area contributed by atoms with Crippen molar-refractivity contribution >= 4 is 77.2 Å². The molecule has 0 aliphatic rings. The monoisotopic (exact) mass is 986 g/mol. The van der Waals surface area contributed by atoms with Gasteiger partial charge in [0.15, 0.2) is 0 Å². The number of fused-ring (bicyclic) bond motifs is 4. The molecule has 0 spiro atoms. The van der Waals surface area contributed by atoms with Crippen molar-refractivity contribution < 1.29 is 0 Å². The number of hydrogen-bond donors (Lipinski definition) is 0. The molecule has 2 nitrogen and oxygen atoms in total. The van der Waals surface area contributed by atoms with E-state index in [1.807, 2.05) is 0 Å². The number of aryl methyl sites for hydroxylation is 5. The average molecular weight is 987 g/mol. The van der Waals surface area contributed by atoms with Crippen LogP contribution in [0.4, 0.5) is 34.1 Å². The smallest absolute Gasteiger partial charge is 0.0488 e. The van der Waals surface area contributed by atoms with Crippen LogP contribution < -0.4 is 9.80 Å². The molecule has 13 aromatic carbocycles. The molecular formula is C75H58N2. The molecule has 13 rings (SSSR count). The second-order valence-corrected chi connectivity index (χ2v) is 20.9. The molecule has 0 saturated heterocycles. The Hall–Kier alpha value is -9.50. The summed E-state index contributed by atoms with van der Waals surface area (Å²) in [6.07, 6.45) is 0. The van der Waals surface area contributed by atoms with Crippen molar-refractivity contribution in [3.8, 4) is 44.5 Å². The second-order valence-electron chi connectivity index (χ2n) is 20.9. The maximum Gasteiger partial charge on any atom is 0.0488 e. The highest BCUT2D eigenvalue weighted by molar-refractivity contribution is 6.30. The molecule has 0 atom stereocenters. The number of anilines is 6. The topological polar surface area (TPSA) is 6.48 Å². The lowest BCUT2D eigenvalue weighted by Crippen LogP contribution is -2.13. The van der Waals surface area contributed by atoms with Crippen LogP contribution in [0.1, 0.15) is 27.8 Å². The summed E-state index contributed by atoms with van der Waals surface area (Å²) in [5.74, 6) is 0. The summed E-state index contributed by atoms with van der Waals surface area (Å²) in [7, 11) is 0. The van der Waals surface area contributed by atoms with Crippen LogP contribution in [0.5, 0.6) is 0 Å². The minimum absolute atomic E-state index is 1.07. The van der Waals surface area contributed by atoms with Crippen molar-refractivity contribution in [1.82, 2.24) is 0 Å². The fraction of sp³-hybridized carbons (Fsp3) is 0.0667. The van der Waals surface area contributed by atoms with Crippen molar-refractivity contribution in [2.45, 2.75) is 34.6 Å². The molecule has 77 heavy (non-hydrogen) atoms. The van der Waals surface area contributed by atoms with Crippen LogP contribution in [0.15, 0.2) is 261 Å². The Morgan fingerprint density at radius 2 is 0.403 bits per heavy atom. The molecule has 0 aliphatic heterocycles. The largest absolute Gasteiger partial charge is 0.310 e. The standard InChI is InChI=1S/C75H58N2/c1-49-22-32-55(33-23-49)72-64-14-6-10-18-68(64)74(69-19-11-7-15-65(69)72)75-70-20-12-8-16-66(70)73(67-17-9-13-21-71(67)75)56-36-34-54(35-37-56)57-46-62(76(58-38-24-50(2)25-39-58)59-40-26-51(3)27-41-59)48-63(47-57)77(60-42-28-52(4)29-43-60)61-44-30-53(5)31-45-61/h6-48H,1-5H3. The van der Waals surface area contributed by atoms with E-state index in [2.05, 4.69) is 305 Å². The van der Waals surface area contributed by atoms with Gasteiger partial charge in [0.1, 0.15) is 0 Å². The molecule has 0 N–H and O–H groups in total. The second kappa shape index (κ2) is 19.6. The fourth-order valence-electron chi connectivity index (χ4n) is 11.7. The molecular weight excluding hydrogens is 929 g/mol. The third kappa shape index (κ3) is 8.68. The van der Waals surface area contributed by atoms with E-state index in [1.54, 1.807) is 0 Å². The van der Waals surface area contributed by atoms with E-state index in [4.69, 9.17) is 0 Å². The predicted molar refractivity (Wildman–Crippen MR) is 331 cm³/mol. The summed E-state index contributed by atoms with van der Waals surface area (Å²) in [5.41, 5.74) is 22.4. The van der Waals surface area contributed by atoms with Crippen LogP contribution >= 0.6 is 0 Å². The molecule has 0 fully saturated rings. The molecule has 0 aromatic heterocycles. The highest BCUT2D eigenvalue weighted by Crippen LogP contribution is 2.51. The van der Waals surface area contributed by atoms with Crippen LogP contribution in [0.3, 0.4) is 0 Å². The summed E-state index contributed by atoms with van der Waals surface area (Å²) in [6.45, 7) is 10.8. The van der Waals surface area contributed by atoms with Crippen molar-refractivity contribution in [3.05, 3.63) is 289 Å². The maximum absolute atomic E-state index is 2.39. The summed E-state index contributed by atoms with van der Waals surface area (Å²) in [4.78, 5) is 4.79. The van der Waals surface area contributed by atoms with Gasteiger partial charge in [0.25, 0.3) is 0 Å². The molecule has 13 aromatic rings. The first kappa shape index (κ1) is 47.2. The van der Waals surface area contributed by atoms with E-state index in [1.165, 1.54) is 104 Å². The summed E-state index contributed by atoms with van der Waals surface area (Å²) < 4.78 is 0. The zero-order valence-corrected chi connectivity index (χ0v) is 44.2. The van der Waals surface area contributed by atoms with Crippen molar-refractivity contribution in [1.29, 1.82) is 0 Å². The predicted octanol–water partition coefficient (Wildman–Crippen LogP) is 21.4. The van der Waals surface area contributed by atoms with Crippen LogP contribution in [-0.2, 0) is 0 Å². The third-order valence-electron chi connectivity index (χ3n) is 15.5. The Bertz CT molecular complexity index is 4010. The van der Waals surface area contributed by atoms with E-state index >= 15 is 0 Å². The van der Waals surface area contributed by atoms with Gasteiger partial charge in [-0.1, -0.05) is 222 Å². The summed E-state index contributed by atoms with van der Waals surface area (Å²) in [6, 6.07) is 97.1. The molecule has 0 radical (unpaired) electrons. The van der Waals surface area contributed by atoms with Gasteiger partial charge < -0.3 is 9.80 Å². The minimum Gasteiger partial charge on any atom is -0.310 e. The van der Waals surface area contributed by atoms with E-state index in [-0.39, 0.29) is 0 Å². The summed E-state index contributed by atoms with van der Waals surface area (Å²) >= 11 is 0. The van der Waals surface area contributed by atoms with Gasteiger partial charge in [-0.25, -0.2) is 0 Å². The number of rotatable bonds is 10. The van der Waals surface area contributed by atoms with E-state index in [9.17, 15) is 0 Å². The Morgan fingerprint density at radius 3 is 0.675 bits per heavy atom. The molecule has 0 aliphatic carbocycles. The molecule has 0 saturated carbocycles. The molecule has 0 bridgehead atoms. The van der Waals surface area contributed by atoms with E-state index in [0.29, 0.717) is 0 Å². The zero-order chi connectivity index (χ0) is 52.1. The zero-order valence-electron chi connectivity index (χ0n) is 44.2. The number of benzene rings is 13. The fourth-order valence-corrected chi connectivity index (χ4v) is 11.7. The van der Waals surface area contributed by atoms with Gasteiger partial charge in [0.2, 0.25) is 0 Å². The Balaban J connectivity index is 1.01. The van der Waals surface area contributed by atoms with Crippen molar-refractivity contribution in [2.75, 3.05) is 9.80 Å². The van der Waals surface area contributed by atoms with Gasteiger partial charge in [0, 0.05) is 34.1 Å². The van der Waals surface area contributed by atoms with Crippen LogP contribution in [0, 0.1) is 34.6 Å². The highest BCUT2D eigenvalue weighted by Gasteiger charge is 2.24. The van der Waals surface area contributed by atoms with Gasteiger partial charge >= 0.3 is 0 Å². The average Bonchev–Trinajstić information content (AvgIpc) is 3.48. The first-order valence-electron chi connectivity index (χ1n) is 26.8. The van der Waals surface area contributed by atoms with Gasteiger partial charge in [-0.05, 0) is 189 Å². The third-order valence-corrected chi connectivity index (χ3v) is 15.5. The van der Waals surface area contributed by atoms with E-state index < -0.39 is 0 Å². The van der Waals surface area contributed by atoms with Crippen LogP contribution in [0.25, 0.3) is 87.6 Å². The normalized spacial score (nSPS) is 11.4. The first-order chi connectivity index (χ1) is 37.7. The van der Waals surface area contributed by atoms with Crippen molar-refractivity contribution in [2.24, 2.45) is 0 Å². The number of hydrogen-bond acceptors (Lipinski definition) is 2. The Kier molecular flexibility index (Phi) is 12.1. The lowest BCUT2D eigenvalue weighted by molar-refractivity contribution is 1.24. The number of nitrogens with zero attached hydrogens (tertiary/aromatic N) is 2. The Morgan fingerprint density at radius 1 is 0.182 bits per heavy atom. The van der Waals surface area contributed by atoms with Crippen LogP contribution in [-0.4, -0.2) is 0 Å². The summed E-state index contributed by atoms with van der Waals surface area (Å²) in [5, 5.41) is 9.95. The van der Waals surface area contributed by atoms with Crippen LogP contribution in [0.2, 0.25) is 0 Å². The SMILES string of the molecule is Cc1ccc(-c2c3ccccc3c(-c3c4ccccc4c(-c4ccc(-c5cc(N(c6ccc(C)cc6)c6ccc(C)cc6)cc(N(c6ccc(C)cc6)c6ccc(C)cc6)c5)cc4)c4ccccc34)c3ccccc23)cc1. The lowest BCUT2D eigenvalue weighted by Gasteiger charge is -2.30. The van der Waals surface area contributed by atoms with Gasteiger partial charge in [-0.15, -0.1) is 0 Å². The van der Waals surface area contributed by atoms with Gasteiger partial charge in [-0.3, -0.25) is 0 Å².